The van der Waals surface area contributed by atoms with Gasteiger partial charge in [0.25, 0.3) is 0 Å². The Hall–Kier alpha value is -11.7. The minimum atomic E-state index is -4.34. The average molecular weight is 1440 g/mol. The summed E-state index contributed by atoms with van der Waals surface area (Å²) in [6, 6.07) is 78.5. The van der Waals surface area contributed by atoms with Crippen molar-refractivity contribution in [3.8, 4) is 23.0 Å². The maximum atomic E-state index is 12.9. The number of phenolic OH excluding ortho intramolecular Hbond substituents is 1. The van der Waals surface area contributed by atoms with Crippen LogP contribution in [-0.2, 0) is 70.9 Å². The van der Waals surface area contributed by atoms with Gasteiger partial charge in [0, 0.05) is 81.5 Å². The summed E-state index contributed by atoms with van der Waals surface area (Å²) in [7, 11) is 0. The number of benzene rings is 12. The highest BCUT2D eigenvalue weighted by atomic mass is 19.4. The van der Waals surface area contributed by atoms with Crippen LogP contribution in [0.15, 0.2) is 274 Å². The Balaban J connectivity index is 0.000000132. The molecular formula is C92H85F6N5O4. The number of hydrogen-bond acceptors (Lipinski definition) is 5. The number of aromatic nitrogens is 4. The van der Waals surface area contributed by atoms with Gasteiger partial charge in [-0.05, 0) is 230 Å². The summed E-state index contributed by atoms with van der Waals surface area (Å²) < 4.78 is 99.8. The molecule has 0 amide bonds. The van der Waals surface area contributed by atoms with Gasteiger partial charge in [0.2, 0.25) is 0 Å². The first-order valence-electron chi connectivity index (χ1n) is 36.4. The standard InChI is InChI=1S/C30H26F3NO.C29H25F3N2O.C22H21NO.C11H13NO/c1-2-5-25-19-34(18-21-9-12-26(13-10-21)30(31,32)33)29-15-14-27(17-28(25)29)35-20-22-8-11-23-6-3-4-7-24(23)16-22;30-29(31,32)25-9-6-20(7-10-25)17-34-18-24(13-14-33)27-16-26(11-12-28(27)34)35-19-21-5-8-22-3-1-2-4-23(22)15-21;1-2-5-19-14-23-22-11-10-20(13-21(19)22)24-15-16-8-9-17-6-3-4-7-18(17)12-16;1-2-3-8-7-12-11-5-4-9(13)6-10(8)11/h3-4,6-17,19H,2,5,18,20H2,1H3;1-12,15-16,18H,13-14,17,19,33H2;3-4,6-14,23H,2,5,15H2,1H3;4-7,12-13H,2-3H2,1H3. The average Bonchev–Trinajstić information content (AvgIpc) is 1.65. The molecule has 15 heteroatoms. The highest BCUT2D eigenvalue weighted by Crippen LogP contribution is 2.35. The van der Waals surface area contributed by atoms with Gasteiger partial charge >= 0.3 is 12.4 Å². The van der Waals surface area contributed by atoms with Crippen molar-refractivity contribution >= 4 is 75.9 Å². The predicted octanol–water partition coefficient (Wildman–Crippen LogP) is 24.0. The molecule has 0 aliphatic heterocycles. The number of halogens is 6. The topological polar surface area (TPSA) is 115 Å². The Morgan fingerprint density at radius 3 is 1.09 bits per heavy atom. The van der Waals surface area contributed by atoms with Gasteiger partial charge < -0.3 is 44.2 Å². The number of aromatic hydroxyl groups is 1. The summed E-state index contributed by atoms with van der Waals surface area (Å²) in [6.07, 6.45) is 6.66. The van der Waals surface area contributed by atoms with Crippen molar-refractivity contribution in [3.05, 3.63) is 335 Å². The second kappa shape index (κ2) is 33.6. The molecule has 4 aromatic heterocycles. The highest BCUT2D eigenvalue weighted by Gasteiger charge is 2.31. The fourth-order valence-electron chi connectivity index (χ4n) is 13.8. The lowest BCUT2D eigenvalue weighted by Gasteiger charge is -2.10. The zero-order valence-corrected chi connectivity index (χ0v) is 60.1. The van der Waals surface area contributed by atoms with E-state index in [9.17, 15) is 31.4 Å². The van der Waals surface area contributed by atoms with Crippen LogP contribution in [0, 0.1) is 0 Å². The minimum Gasteiger partial charge on any atom is -0.508 e. The van der Waals surface area contributed by atoms with Crippen LogP contribution in [0.1, 0.15) is 101 Å². The lowest BCUT2D eigenvalue weighted by molar-refractivity contribution is -0.138. The minimum absolute atomic E-state index is 0.337. The fourth-order valence-corrected chi connectivity index (χ4v) is 13.8. The number of ether oxygens (including phenoxy) is 3. The molecule has 544 valence electrons. The molecule has 9 nitrogen and oxygen atoms in total. The quantitative estimate of drug-likeness (QED) is 0.0535. The van der Waals surface area contributed by atoms with Crippen molar-refractivity contribution in [2.75, 3.05) is 6.54 Å². The number of rotatable bonds is 21. The normalized spacial score (nSPS) is 11.6. The number of nitrogens with one attached hydrogen (secondary N) is 2. The molecule has 107 heavy (non-hydrogen) atoms. The molecule has 0 bridgehead atoms. The maximum absolute atomic E-state index is 12.9. The molecule has 0 saturated carbocycles. The fraction of sp³-hybridized carbons (Fsp3) is 0.196. The molecule has 4 heterocycles. The Labute approximate surface area is 618 Å². The number of aromatic amines is 2. The molecular weight excluding hydrogens is 1350 g/mol. The first kappa shape index (κ1) is 73.6. The van der Waals surface area contributed by atoms with Crippen LogP contribution in [0.4, 0.5) is 26.3 Å². The third-order valence-corrected chi connectivity index (χ3v) is 19.3. The van der Waals surface area contributed by atoms with Crippen LogP contribution in [0.3, 0.4) is 0 Å². The van der Waals surface area contributed by atoms with E-state index < -0.39 is 23.5 Å². The first-order valence-corrected chi connectivity index (χ1v) is 36.4. The lowest BCUT2D eigenvalue weighted by atomic mass is 10.1. The molecule has 0 saturated heterocycles. The number of nitrogens with two attached hydrogens (primary N) is 1. The summed E-state index contributed by atoms with van der Waals surface area (Å²) in [5.41, 5.74) is 18.9. The van der Waals surface area contributed by atoms with Gasteiger partial charge in [-0.3, -0.25) is 0 Å². The molecule has 12 aromatic carbocycles. The van der Waals surface area contributed by atoms with Gasteiger partial charge in [-0.2, -0.15) is 26.3 Å². The van der Waals surface area contributed by atoms with E-state index in [1.165, 1.54) is 77.6 Å². The van der Waals surface area contributed by atoms with Gasteiger partial charge in [0.15, 0.2) is 0 Å². The van der Waals surface area contributed by atoms with Crippen LogP contribution in [0.5, 0.6) is 23.0 Å². The molecule has 0 spiro atoms. The van der Waals surface area contributed by atoms with Gasteiger partial charge in [-0.25, -0.2) is 0 Å². The third-order valence-electron chi connectivity index (χ3n) is 19.3. The van der Waals surface area contributed by atoms with Crippen molar-refractivity contribution in [1.29, 1.82) is 0 Å². The number of H-pyrrole nitrogens is 2. The number of fused-ring (bicyclic) bond motifs is 7. The van der Waals surface area contributed by atoms with E-state index in [-0.39, 0.29) is 0 Å². The molecule has 5 N–H and O–H groups in total. The number of hydrogen-bond donors (Lipinski definition) is 4. The molecule has 16 rings (SSSR count). The number of phenols is 1. The van der Waals surface area contributed by atoms with E-state index in [4.69, 9.17) is 19.9 Å². The Morgan fingerprint density at radius 2 is 0.701 bits per heavy atom. The van der Waals surface area contributed by atoms with E-state index in [1.807, 2.05) is 85.2 Å². The predicted molar refractivity (Wildman–Crippen MR) is 423 cm³/mol. The molecule has 0 aliphatic carbocycles. The first-order chi connectivity index (χ1) is 51.9. The third kappa shape index (κ3) is 18.3. The summed E-state index contributed by atoms with van der Waals surface area (Å²) in [5.74, 6) is 2.82. The van der Waals surface area contributed by atoms with Crippen molar-refractivity contribution < 1.29 is 45.7 Å². The summed E-state index contributed by atoms with van der Waals surface area (Å²) in [5, 5.41) is 21.2. The van der Waals surface area contributed by atoms with E-state index >= 15 is 0 Å². The Kier molecular flexibility index (Phi) is 23.1. The van der Waals surface area contributed by atoms with Crippen molar-refractivity contribution in [2.45, 2.75) is 111 Å². The molecule has 0 atom stereocenters. The van der Waals surface area contributed by atoms with E-state index in [1.54, 1.807) is 18.2 Å². The SMILES string of the molecule is CCCc1c[nH]c2ccc(O)cc12.CCCc1c[nH]c2ccc(OCc3ccc4ccccc4c3)cc12.CCCc1cn(Cc2ccc(C(F)(F)F)cc2)c2ccc(OCc3ccc4ccccc4c3)cc12.NCCc1cn(Cc2ccc(C(F)(F)F)cc2)c2ccc(OCc3ccc4ccccc4c3)cc12. The zero-order chi connectivity index (χ0) is 74.4. The van der Waals surface area contributed by atoms with E-state index in [0.29, 0.717) is 51.6 Å². The van der Waals surface area contributed by atoms with E-state index in [2.05, 4.69) is 174 Å². The molecule has 0 aliphatic rings. The van der Waals surface area contributed by atoms with Gasteiger partial charge in [0.05, 0.1) is 11.1 Å². The van der Waals surface area contributed by atoms with Crippen LogP contribution in [-0.4, -0.2) is 30.8 Å². The summed E-state index contributed by atoms with van der Waals surface area (Å²) in [6.45, 7) is 9.50. The number of nitrogens with zero attached hydrogens (tertiary/aromatic N) is 2. The Bertz CT molecular complexity index is 5450. The number of alkyl halides is 6. The Morgan fingerprint density at radius 1 is 0.355 bits per heavy atom. The van der Waals surface area contributed by atoms with Crippen LogP contribution < -0.4 is 19.9 Å². The molecule has 0 radical (unpaired) electrons. The van der Waals surface area contributed by atoms with Gasteiger partial charge in [0.1, 0.15) is 42.8 Å². The summed E-state index contributed by atoms with van der Waals surface area (Å²) in [4.78, 5) is 6.53. The van der Waals surface area contributed by atoms with Gasteiger partial charge in [-0.15, -0.1) is 0 Å². The highest BCUT2D eigenvalue weighted by molar-refractivity contribution is 5.89. The second-order valence-electron chi connectivity index (χ2n) is 27.1. The van der Waals surface area contributed by atoms with Crippen LogP contribution in [0.25, 0.3) is 75.9 Å². The smallest absolute Gasteiger partial charge is 0.416 e. The van der Waals surface area contributed by atoms with Crippen molar-refractivity contribution in [1.82, 2.24) is 19.1 Å². The van der Waals surface area contributed by atoms with Gasteiger partial charge in [-0.1, -0.05) is 173 Å². The van der Waals surface area contributed by atoms with Crippen LogP contribution in [0.2, 0.25) is 0 Å². The van der Waals surface area contributed by atoms with Crippen molar-refractivity contribution in [3.63, 3.8) is 0 Å². The zero-order valence-electron chi connectivity index (χ0n) is 60.1. The largest absolute Gasteiger partial charge is 0.508 e. The van der Waals surface area contributed by atoms with Crippen LogP contribution >= 0.6 is 0 Å². The van der Waals surface area contributed by atoms with Crippen molar-refractivity contribution in [2.24, 2.45) is 5.73 Å². The molecule has 0 unspecified atom stereocenters. The molecule has 16 aromatic rings. The second-order valence-corrected chi connectivity index (χ2v) is 27.1. The molecule has 0 fully saturated rings. The summed E-state index contributed by atoms with van der Waals surface area (Å²) >= 11 is 0. The maximum Gasteiger partial charge on any atom is 0.416 e. The van der Waals surface area contributed by atoms with E-state index in [0.717, 1.165) is 141 Å². The lowest BCUT2D eigenvalue weighted by Crippen LogP contribution is -2.05. The number of aryl methyl sites for hydroxylation is 3. The monoisotopic (exact) mass is 1440 g/mol.